The molecule has 1 spiro atoms. The molecule has 1 nitrogen and oxygen atoms in total. The summed E-state index contributed by atoms with van der Waals surface area (Å²) in [5.74, 6) is 0. The Hall–Kier alpha value is -0.560. The molecule has 0 aromatic carbocycles. The van der Waals surface area contributed by atoms with Gasteiger partial charge in [-0.15, -0.1) is 0 Å². The molecule has 0 aliphatic heterocycles. The van der Waals surface area contributed by atoms with Crippen molar-refractivity contribution in [3.63, 3.8) is 0 Å². The van der Waals surface area contributed by atoms with Crippen LogP contribution in [-0.4, -0.2) is 11.2 Å². The molecule has 48 valence electrons. The molecule has 0 bridgehead atoms. The van der Waals surface area contributed by atoms with Crippen molar-refractivity contribution in [3.05, 3.63) is 24.3 Å². The maximum absolute atomic E-state index is 9.11. The van der Waals surface area contributed by atoms with Crippen molar-refractivity contribution < 1.29 is 5.11 Å². The summed E-state index contributed by atoms with van der Waals surface area (Å²) in [7, 11) is 0. The minimum atomic E-state index is -0.185. The zero-order valence-electron chi connectivity index (χ0n) is 5.25. The number of aliphatic hydroxyl groups is 1. The molecule has 0 aromatic heterocycles. The first-order chi connectivity index (χ1) is 4.31. The van der Waals surface area contributed by atoms with Crippen LogP contribution in [0.25, 0.3) is 0 Å². The summed E-state index contributed by atoms with van der Waals surface area (Å²) in [4.78, 5) is 0. The van der Waals surface area contributed by atoms with Gasteiger partial charge >= 0.3 is 0 Å². The first-order valence-electron chi connectivity index (χ1n) is 3.36. The lowest BCUT2D eigenvalue weighted by Gasteiger charge is -2.29. The van der Waals surface area contributed by atoms with Crippen molar-refractivity contribution in [3.8, 4) is 0 Å². The molecule has 0 radical (unpaired) electrons. The standard InChI is InChI=1S/C8H10O/c9-7-2-5-8(6-7)3-1-4-8/h1-3,5,7,9H,4,6H2. The van der Waals surface area contributed by atoms with Crippen LogP contribution in [0.1, 0.15) is 12.8 Å². The quantitative estimate of drug-likeness (QED) is 0.479. The van der Waals surface area contributed by atoms with Gasteiger partial charge in [0.05, 0.1) is 6.10 Å². The molecule has 0 heterocycles. The molecular formula is C8H10O. The van der Waals surface area contributed by atoms with Crippen LogP contribution >= 0.6 is 0 Å². The van der Waals surface area contributed by atoms with E-state index in [9.17, 15) is 0 Å². The molecule has 0 saturated carbocycles. The average molecular weight is 122 g/mol. The molecule has 1 heteroatoms. The minimum Gasteiger partial charge on any atom is -0.389 e. The van der Waals surface area contributed by atoms with Crippen molar-refractivity contribution >= 4 is 0 Å². The Morgan fingerprint density at radius 2 is 2.22 bits per heavy atom. The summed E-state index contributed by atoms with van der Waals surface area (Å²) in [6.07, 6.45) is 10.2. The molecule has 9 heavy (non-hydrogen) atoms. The van der Waals surface area contributed by atoms with E-state index in [0.717, 1.165) is 12.8 Å². The molecule has 2 aliphatic rings. The lowest BCUT2D eigenvalue weighted by atomic mass is 9.76. The van der Waals surface area contributed by atoms with Crippen LogP contribution in [0.4, 0.5) is 0 Å². The lowest BCUT2D eigenvalue weighted by molar-refractivity contribution is 0.190. The highest BCUT2D eigenvalue weighted by molar-refractivity contribution is 5.27. The summed E-state index contributed by atoms with van der Waals surface area (Å²) in [5, 5.41) is 9.11. The van der Waals surface area contributed by atoms with E-state index >= 15 is 0 Å². The molecule has 0 aromatic rings. The van der Waals surface area contributed by atoms with Crippen molar-refractivity contribution in [2.45, 2.75) is 18.9 Å². The fourth-order valence-electron chi connectivity index (χ4n) is 1.52. The Balaban J connectivity index is 2.19. The molecule has 0 saturated heterocycles. The first-order valence-corrected chi connectivity index (χ1v) is 3.36. The number of hydrogen-bond acceptors (Lipinski definition) is 1. The third kappa shape index (κ3) is 0.648. The van der Waals surface area contributed by atoms with Gasteiger partial charge in [-0.2, -0.15) is 0 Å². The Labute approximate surface area is 54.7 Å². The van der Waals surface area contributed by atoms with E-state index < -0.39 is 0 Å². The van der Waals surface area contributed by atoms with Gasteiger partial charge in [0.2, 0.25) is 0 Å². The summed E-state index contributed by atoms with van der Waals surface area (Å²) in [5.41, 5.74) is 0.277. The molecular weight excluding hydrogens is 112 g/mol. The zero-order chi connectivity index (χ0) is 6.32. The number of rotatable bonds is 0. The fraction of sp³-hybridized carbons (Fsp3) is 0.500. The lowest BCUT2D eigenvalue weighted by Crippen LogP contribution is -2.20. The zero-order valence-corrected chi connectivity index (χ0v) is 5.25. The van der Waals surface area contributed by atoms with Crippen LogP contribution in [0.3, 0.4) is 0 Å². The van der Waals surface area contributed by atoms with Gasteiger partial charge in [-0.05, 0) is 12.8 Å². The van der Waals surface area contributed by atoms with E-state index in [-0.39, 0.29) is 11.5 Å². The van der Waals surface area contributed by atoms with Crippen LogP contribution in [-0.2, 0) is 0 Å². The van der Waals surface area contributed by atoms with Crippen molar-refractivity contribution in [1.29, 1.82) is 0 Å². The van der Waals surface area contributed by atoms with E-state index in [1.165, 1.54) is 0 Å². The third-order valence-electron chi connectivity index (χ3n) is 2.19. The van der Waals surface area contributed by atoms with Gasteiger partial charge in [0.1, 0.15) is 0 Å². The maximum Gasteiger partial charge on any atom is 0.0732 e. The molecule has 2 rings (SSSR count). The maximum atomic E-state index is 9.11. The van der Waals surface area contributed by atoms with Crippen LogP contribution in [0.2, 0.25) is 0 Å². The second kappa shape index (κ2) is 1.48. The van der Waals surface area contributed by atoms with Gasteiger partial charge < -0.3 is 5.11 Å². The predicted octanol–water partition coefficient (Wildman–Crippen LogP) is 1.25. The van der Waals surface area contributed by atoms with Crippen LogP contribution in [0, 0.1) is 5.41 Å². The van der Waals surface area contributed by atoms with Gasteiger partial charge in [-0.1, -0.05) is 24.3 Å². The topological polar surface area (TPSA) is 20.2 Å². The second-order valence-corrected chi connectivity index (χ2v) is 2.97. The van der Waals surface area contributed by atoms with Crippen molar-refractivity contribution in [2.75, 3.05) is 0 Å². The molecule has 2 unspecified atom stereocenters. The largest absolute Gasteiger partial charge is 0.389 e. The average Bonchev–Trinajstić information content (AvgIpc) is 2.09. The second-order valence-electron chi connectivity index (χ2n) is 2.97. The Bertz CT molecular complexity index is 181. The number of aliphatic hydroxyl groups excluding tert-OH is 1. The van der Waals surface area contributed by atoms with Gasteiger partial charge in [0.15, 0.2) is 0 Å². The minimum absolute atomic E-state index is 0.185. The molecule has 0 amide bonds. The smallest absolute Gasteiger partial charge is 0.0732 e. The van der Waals surface area contributed by atoms with Crippen molar-refractivity contribution in [1.82, 2.24) is 0 Å². The van der Waals surface area contributed by atoms with Gasteiger partial charge in [0.25, 0.3) is 0 Å². The SMILES string of the molecule is OC1C=CC2(C=CC2)C1. The van der Waals surface area contributed by atoms with Gasteiger partial charge in [-0.25, -0.2) is 0 Å². The van der Waals surface area contributed by atoms with E-state index in [1.807, 2.05) is 6.08 Å². The van der Waals surface area contributed by atoms with Gasteiger partial charge in [-0.3, -0.25) is 0 Å². The highest BCUT2D eigenvalue weighted by Crippen LogP contribution is 2.43. The summed E-state index contributed by atoms with van der Waals surface area (Å²) in [6.45, 7) is 0. The summed E-state index contributed by atoms with van der Waals surface area (Å²) >= 11 is 0. The third-order valence-corrected chi connectivity index (χ3v) is 2.19. The van der Waals surface area contributed by atoms with E-state index in [2.05, 4.69) is 18.2 Å². The Morgan fingerprint density at radius 3 is 2.44 bits per heavy atom. The van der Waals surface area contributed by atoms with E-state index in [4.69, 9.17) is 5.11 Å². The summed E-state index contributed by atoms with van der Waals surface area (Å²) in [6, 6.07) is 0. The highest BCUT2D eigenvalue weighted by Gasteiger charge is 2.34. The normalized spacial score (nSPS) is 46.1. The Kier molecular flexibility index (Phi) is 0.862. The molecule has 1 N–H and O–H groups in total. The molecule has 0 fully saturated rings. The monoisotopic (exact) mass is 122 g/mol. The van der Waals surface area contributed by atoms with Crippen LogP contribution in [0.5, 0.6) is 0 Å². The molecule has 2 atom stereocenters. The Morgan fingerprint density at radius 1 is 1.44 bits per heavy atom. The van der Waals surface area contributed by atoms with Crippen LogP contribution < -0.4 is 0 Å². The summed E-state index contributed by atoms with van der Waals surface area (Å²) < 4.78 is 0. The van der Waals surface area contributed by atoms with E-state index in [1.54, 1.807) is 0 Å². The fourth-order valence-corrected chi connectivity index (χ4v) is 1.52. The number of hydrogen-bond donors (Lipinski definition) is 1. The van der Waals surface area contributed by atoms with Gasteiger partial charge in [0, 0.05) is 5.41 Å². The van der Waals surface area contributed by atoms with Crippen LogP contribution in [0.15, 0.2) is 24.3 Å². The predicted molar refractivity (Wildman–Crippen MR) is 36.0 cm³/mol. The number of allylic oxidation sites excluding steroid dienone is 3. The first kappa shape index (κ1) is 5.24. The van der Waals surface area contributed by atoms with Crippen molar-refractivity contribution in [2.24, 2.45) is 5.41 Å². The highest BCUT2D eigenvalue weighted by atomic mass is 16.3. The molecule has 2 aliphatic carbocycles. The van der Waals surface area contributed by atoms with E-state index in [0.29, 0.717) is 0 Å².